The molecule has 0 spiro atoms. The molecule has 30 heavy (non-hydrogen) atoms. The predicted octanol–water partition coefficient (Wildman–Crippen LogP) is 1.82. The number of carbonyl (C=O) groups excluding carboxylic acids is 4. The van der Waals surface area contributed by atoms with E-state index in [4.69, 9.17) is 4.74 Å². The minimum absolute atomic E-state index is 0.0178. The molecule has 0 radical (unpaired) electrons. The zero-order valence-electron chi connectivity index (χ0n) is 16.8. The average molecular weight is 417 g/mol. The molecular weight excluding hydrogens is 394 g/mol. The van der Waals surface area contributed by atoms with Crippen LogP contribution in [-0.4, -0.2) is 52.2 Å². The first kappa shape index (κ1) is 21.4. The van der Waals surface area contributed by atoms with E-state index in [-0.39, 0.29) is 17.2 Å². The van der Waals surface area contributed by atoms with Crippen LogP contribution in [0.4, 0.5) is 5.69 Å². The number of nitrogens with zero attached hydrogens (tertiary/aromatic N) is 2. The highest BCUT2D eigenvalue weighted by Crippen LogP contribution is 2.30. The molecule has 1 N–H and O–H groups in total. The predicted molar refractivity (Wildman–Crippen MR) is 104 cm³/mol. The zero-order chi connectivity index (χ0) is 22.0. The molecular formula is C20H23N3O7. The fourth-order valence-corrected chi connectivity index (χ4v) is 3.86. The van der Waals surface area contributed by atoms with Crippen molar-refractivity contribution in [2.45, 2.75) is 51.7 Å². The Morgan fingerprint density at radius 2 is 1.97 bits per heavy atom. The van der Waals surface area contributed by atoms with E-state index in [9.17, 15) is 29.3 Å². The van der Waals surface area contributed by atoms with Crippen molar-refractivity contribution in [2.24, 2.45) is 5.92 Å². The topological polar surface area (TPSA) is 136 Å². The number of fused-ring (bicyclic) bond motifs is 1. The summed E-state index contributed by atoms with van der Waals surface area (Å²) in [6, 6.07) is 3.71. The average Bonchev–Trinajstić information content (AvgIpc) is 2.94. The normalized spacial score (nSPS) is 21.7. The Morgan fingerprint density at radius 1 is 1.27 bits per heavy atom. The number of hydrogen-bond acceptors (Lipinski definition) is 7. The molecule has 0 aromatic heterocycles. The van der Waals surface area contributed by atoms with E-state index >= 15 is 0 Å². The Morgan fingerprint density at radius 3 is 2.63 bits per heavy atom. The molecule has 1 heterocycles. The van der Waals surface area contributed by atoms with Crippen LogP contribution < -0.4 is 5.32 Å². The van der Waals surface area contributed by atoms with Gasteiger partial charge in [0.25, 0.3) is 23.4 Å². The second kappa shape index (κ2) is 8.60. The molecule has 2 aliphatic rings. The van der Waals surface area contributed by atoms with Crippen LogP contribution in [0.2, 0.25) is 0 Å². The Hall–Kier alpha value is -3.30. The molecule has 3 amide bonds. The molecule has 3 atom stereocenters. The molecule has 0 saturated heterocycles. The van der Waals surface area contributed by atoms with Crippen molar-refractivity contribution in [2.75, 3.05) is 6.54 Å². The van der Waals surface area contributed by atoms with Crippen LogP contribution in [0.25, 0.3) is 0 Å². The van der Waals surface area contributed by atoms with Gasteiger partial charge in [-0.3, -0.25) is 34.2 Å². The minimum atomic E-state index is -1.10. The summed E-state index contributed by atoms with van der Waals surface area (Å²) < 4.78 is 5.09. The number of amides is 3. The SMILES string of the molecule is C[C@H](OC(=O)CN1C(=O)c2cccc([N+](=O)[O-])c2C1=O)C(=O)N[C@@H]1CCCC[C@@H]1C. The fourth-order valence-electron chi connectivity index (χ4n) is 3.86. The van der Waals surface area contributed by atoms with Crippen molar-refractivity contribution in [1.82, 2.24) is 10.2 Å². The summed E-state index contributed by atoms with van der Waals surface area (Å²) in [4.78, 5) is 60.5. The fraction of sp³-hybridized carbons (Fsp3) is 0.500. The summed E-state index contributed by atoms with van der Waals surface area (Å²) >= 11 is 0. The number of nitro benzene ring substituents is 1. The van der Waals surface area contributed by atoms with E-state index < -0.39 is 47.0 Å². The van der Waals surface area contributed by atoms with Gasteiger partial charge in [-0.05, 0) is 31.7 Å². The van der Waals surface area contributed by atoms with Crippen LogP contribution >= 0.6 is 0 Å². The Labute approximate surface area is 172 Å². The van der Waals surface area contributed by atoms with Crippen LogP contribution in [-0.2, 0) is 14.3 Å². The van der Waals surface area contributed by atoms with Gasteiger partial charge in [-0.25, -0.2) is 0 Å². The summed E-state index contributed by atoms with van der Waals surface area (Å²) in [7, 11) is 0. The standard InChI is InChI=1S/C20H23N3O7/c1-11-6-3-4-8-14(11)21-18(25)12(2)30-16(24)10-22-19(26)13-7-5-9-15(23(28)29)17(13)20(22)27/h5,7,9,11-12,14H,3-4,6,8,10H2,1-2H3,(H,21,25)/t11-,12-,14+/m0/s1. The van der Waals surface area contributed by atoms with Crippen LogP contribution in [0.1, 0.15) is 60.2 Å². The lowest BCUT2D eigenvalue weighted by atomic mass is 9.86. The lowest BCUT2D eigenvalue weighted by molar-refractivity contribution is -0.385. The van der Waals surface area contributed by atoms with Gasteiger partial charge in [0.15, 0.2) is 6.10 Å². The molecule has 160 valence electrons. The number of nitro groups is 1. The highest BCUT2D eigenvalue weighted by Gasteiger charge is 2.42. The molecule has 1 aliphatic heterocycles. The number of esters is 1. The number of benzene rings is 1. The molecule has 3 rings (SSSR count). The van der Waals surface area contributed by atoms with E-state index in [0.717, 1.165) is 31.7 Å². The third-order valence-electron chi connectivity index (χ3n) is 5.58. The molecule has 0 unspecified atom stereocenters. The number of ether oxygens (including phenoxy) is 1. The van der Waals surface area contributed by atoms with E-state index in [2.05, 4.69) is 12.2 Å². The number of carbonyl (C=O) groups is 4. The van der Waals surface area contributed by atoms with E-state index in [1.54, 1.807) is 0 Å². The number of imide groups is 1. The first-order chi connectivity index (χ1) is 14.2. The van der Waals surface area contributed by atoms with E-state index in [1.807, 2.05) is 0 Å². The van der Waals surface area contributed by atoms with Crippen LogP contribution in [0, 0.1) is 16.0 Å². The van der Waals surface area contributed by atoms with Crippen molar-refractivity contribution in [3.63, 3.8) is 0 Å². The smallest absolute Gasteiger partial charge is 0.326 e. The van der Waals surface area contributed by atoms with Crippen molar-refractivity contribution in [1.29, 1.82) is 0 Å². The van der Waals surface area contributed by atoms with E-state index in [0.29, 0.717) is 10.8 Å². The quantitative estimate of drug-likeness (QED) is 0.323. The lowest BCUT2D eigenvalue weighted by Gasteiger charge is -2.30. The molecule has 1 aromatic rings. The van der Waals surface area contributed by atoms with Crippen LogP contribution in [0.15, 0.2) is 18.2 Å². The van der Waals surface area contributed by atoms with E-state index in [1.165, 1.54) is 19.1 Å². The van der Waals surface area contributed by atoms with Crippen LogP contribution in [0.5, 0.6) is 0 Å². The number of hydrogen-bond donors (Lipinski definition) is 1. The maximum atomic E-state index is 12.5. The third-order valence-corrected chi connectivity index (χ3v) is 5.58. The number of rotatable bonds is 6. The largest absolute Gasteiger partial charge is 0.451 e. The van der Waals surface area contributed by atoms with Gasteiger partial charge in [0, 0.05) is 12.1 Å². The minimum Gasteiger partial charge on any atom is -0.451 e. The zero-order valence-corrected chi connectivity index (χ0v) is 16.8. The van der Waals surface area contributed by atoms with Gasteiger partial charge >= 0.3 is 5.97 Å². The highest BCUT2D eigenvalue weighted by atomic mass is 16.6. The summed E-state index contributed by atoms with van der Waals surface area (Å²) in [5.41, 5.74) is -0.993. The van der Waals surface area contributed by atoms with Gasteiger partial charge in [-0.2, -0.15) is 0 Å². The molecule has 0 bridgehead atoms. The summed E-state index contributed by atoms with van der Waals surface area (Å²) in [5, 5.41) is 14.0. The first-order valence-electron chi connectivity index (χ1n) is 9.84. The van der Waals surface area contributed by atoms with Gasteiger partial charge in [-0.15, -0.1) is 0 Å². The summed E-state index contributed by atoms with van der Waals surface area (Å²) in [6.07, 6.45) is 2.93. The van der Waals surface area contributed by atoms with Crippen LogP contribution in [0.3, 0.4) is 0 Å². The van der Waals surface area contributed by atoms with Crippen molar-refractivity contribution < 1.29 is 28.8 Å². The highest BCUT2D eigenvalue weighted by molar-refractivity contribution is 6.24. The number of nitrogens with one attached hydrogen (secondary N) is 1. The summed E-state index contributed by atoms with van der Waals surface area (Å²) in [6.45, 7) is 2.73. The van der Waals surface area contributed by atoms with Crippen molar-refractivity contribution in [3.8, 4) is 0 Å². The maximum absolute atomic E-state index is 12.5. The van der Waals surface area contributed by atoms with Crippen molar-refractivity contribution >= 4 is 29.4 Å². The van der Waals surface area contributed by atoms with Gasteiger partial charge < -0.3 is 10.1 Å². The lowest BCUT2D eigenvalue weighted by Crippen LogP contribution is -2.46. The van der Waals surface area contributed by atoms with Gasteiger partial charge in [0.1, 0.15) is 12.1 Å². The molecule has 1 aliphatic carbocycles. The molecule has 1 fully saturated rings. The van der Waals surface area contributed by atoms with Gasteiger partial charge in [0.05, 0.1) is 10.5 Å². The molecule has 10 heteroatoms. The molecule has 10 nitrogen and oxygen atoms in total. The van der Waals surface area contributed by atoms with Crippen molar-refractivity contribution in [3.05, 3.63) is 39.4 Å². The molecule has 1 aromatic carbocycles. The van der Waals surface area contributed by atoms with Gasteiger partial charge in [0.2, 0.25) is 0 Å². The Bertz CT molecular complexity index is 914. The second-order valence-corrected chi connectivity index (χ2v) is 7.66. The second-order valence-electron chi connectivity index (χ2n) is 7.66. The summed E-state index contributed by atoms with van der Waals surface area (Å²) in [5.74, 6) is -2.82. The Kier molecular flexibility index (Phi) is 6.14. The monoisotopic (exact) mass is 417 g/mol. The Balaban J connectivity index is 1.61. The first-order valence-corrected chi connectivity index (χ1v) is 9.84. The van der Waals surface area contributed by atoms with Gasteiger partial charge in [-0.1, -0.05) is 25.8 Å². The maximum Gasteiger partial charge on any atom is 0.326 e. The third kappa shape index (κ3) is 4.17. The molecule has 1 saturated carbocycles.